The van der Waals surface area contributed by atoms with Gasteiger partial charge in [-0.3, -0.25) is 14.5 Å². The van der Waals surface area contributed by atoms with Crippen LogP contribution in [-0.2, 0) is 9.59 Å². The van der Waals surface area contributed by atoms with Crippen molar-refractivity contribution >= 4 is 17.5 Å². The zero-order chi connectivity index (χ0) is 17.1. The Morgan fingerprint density at radius 1 is 1.12 bits per heavy atom. The maximum atomic E-state index is 12.6. The zero-order valence-corrected chi connectivity index (χ0v) is 14.4. The maximum absolute atomic E-state index is 12.6. The molecule has 0 bridgehead atoms. The Morgan fingerprint density at radius 2 is 1.83 bits per heavy atom. The average molecular weight is 331 g/mol. The number of benzene rings is 1. The second kappa shape index (κ2) is 7.21. The molecule has 0 aromatic heterocycles. The number of para-hydroxylation sites is 2. The number of methoxy groups -OCH3 is 1. The fourth-order valence-corrected chi connectivity index (χ4v) is 3.49. The van der Waals surface area contributed by atoms with Crippen molar-refractivity contribution in [2.45, 2.75) is 25.8 Å². The molecule has 24 heavy (non-hydrogen) atoms. The Balaban J connectivity index is 1.66. The summed E-state index contributed by atoms with van der Waals surface area (Å²) < 4.78 is 5.36. The van der Waals surface area contributed by atoms with Gasteiger partial charge in [0.15, 0.2) is 0 Å². The first-order chi connectivity index (χ1) is 11.6. The molecule has 0 N–H and O–H groups in total. The summed E-state index contributed by atoms with van der Waals surface area (Å²) in [4.78, 5) is 30.8. The first kappa shape index (κ1) is 16.8. The van der Waals surface area contributed by atoms with Crippen molar-refractivity contribution in [2.24, 2.45) is 0 Å². The SMILES string of the molecule is COc1ccccc1N1CCN([C@H](C)C(=O)N2CCCC2)CC1=O. The Hall–Kier alpha value is -2.08. The molecule has 0 saturated carbocycles. The van der Waals surface area contributed by atoms with Gasteiger partial charge in [0.1, 0.15) is 5.75 Å². The quantitative estimate of drug-likeness (QED) is 0.836. The van der Waals surface area contributed by atoms with E-state index in [1.54, 1.807) is 12.0 Å². The lowest BCUT2D eigenvalue weighted by molar-refractivity contribution is -0.136. The van der Waals surface area contributed by atoms with Crippen LogP contribution < -0.4 is 9.64 Å². The number of likely N-dealkylation sites (tertiary alicyclic amines) is 1. The van der Waals surface area contributed by atoms with Crippen LogP contribution in [0.5, 0.6) is 5.75 Å². The van der Waals surface area contributed by atoms with Gasteiger partial charge in [0.2, 0.25) is 11.8 Å². The molecule has 2 fully saturated rings. The fraction of sp³-hybridized carbons (Fsp3) is 0.556. The van der Waals surface area contributed by atoms with Crippen LogP contribution in [0.25, 0.3) is 0 Å². The normalized spacial score (nSPS) is 20.3. The van der Waals surface area contributed by atoms with Crippen molar-refractivity contribution in [2.75, 3.05) is 44.7 Å². The first-order valence-electron chi connectivity index (χ1n) is 8.58. The third-order valence-electron chi connectivity index (χ3n) is 4.95. The summed E-state index contributed by atoms with van der Waals surface area (Å²) >= 11 is 0. The smallest absolute Gasteiger partial charge is 0.241 e. The highest BCUT2D eigenvalue weighted by Gasteiger charge is 2.33. The third kappa shape index (κ3) is 3.24. The van der Waals surface area contributed by atoms with E-state index >= 15 is 0 Å². The molecule has 0 unspecified atom stereocenters. The van der Waals surface area contributed by atoms with Gasteiger partial charge >= 0.3 is 0 Å². The maximum Gasteiger partial charge on any atom is 0.241 e. The Labute approximate surface area is 143 Å². The molecular weight excluding hydrogens is 306 g/mol. The number of anilines is 1. The van der Waals surface area contributed by atoms with Gasteiger partial charge in [0.25, 0.3) is 0 Å². The van der Waals surface area contributed by atoms with E-state index in [1.165, 1.54) is 0 Å². The fourth-order valence-electron chi connectivity index (χ4n) is 3.49. The number of hydrogen-bond donors (Lipinski definition) is 0. The molecule has 0 aliphatic carbocycles. The molecule has 2 amide bonds. The highest BCUT2D eigenvalue weighted by molar-refractivity contribution is 5.97. The minimum Gasteiger partial charge on any atom is -0.495 e. The summed E-state index contributed by atoms with van der Waals surface area (Å²) in [5, 5.41) is 0. The number of piperazine rings is 1. The molecule has 0 radical (unpaired) electrons. The van der Waals surface area contributed by atoms with Crippen LogP contribution in [0.3, 0.4) is 0 Å². The number of amides is 2. The molecule has 2 aliphatic rings. The third-order valence-corrected chi connectivity index (χ3v) is 4.95. The lowest BCUT2D eigenvalue weighted by Gasteiger charge is -2.38. The van der Waals surface area contributed by atoms with Crippen molar-refractivity contribution in [1.29, 1.82) is 0 Å². The van der Waals surface area contributed by atoms with E-state index in [0.717, 1.165) is 31.6 Å². The molecule has 6 heteroatoms. The van der Waals surface area contributed by atoms with Crippen LogP contribution >= 0.6 is 0 Å². The second-order valence-electron chi connectivity index (χ2n) is 6.40. The molecular formula is C18H25N3O3. The number of rotatable bonds is 4. The highest BCUT2D eigenvalue weighted by atomic mass is 16.5. The Kier molecular flexibility index (Phi) is 5.04. The van der Waals surface area contributed by atoms with E-state index in [-0.39, 0.29) is 24.4 Å². The Morgan fingerprint density at radius 3 is 2.50 bits per heavy atom. The molecule has 1 aromatic carbocycles. The molecule has 2 saturated heterocycles. The van der Waals surface area contributed by atoms with Crippen molar-refractivity contribution < 1.29 is 14.3 Å². The number of carbonyl (C=O) groups is 2. The van der Waals surface area contributed by atoms with Gasteiger partial charge in [-0.2, -0.15) is 0 Å². The van der Waals surface area contributed by atoms with Crippen molar-refractivity contribution in [1.82, 2.24) is 9.80 Å². The summed E-state index contributed by atoms with van der Waals surface area (Å²) in [6.45, 7) is 5.11. The van der Waals surface area contributed by atoms with Gasteiger partial charge in [-0.25, -0.2) is 0 Å². The van der Waals surface area contributed by atoms with Crippen LogP contribution in [0, 0.1) is 0 Å². The summed E-state index contributed by atoms with van der Waals surface area (Å²) in [6, 6.07) is 7.29. The summed E-state index contributed by atoms with van der Waals surface area (Å²) in [5.41, 5.74) is 0.795. The molecule has 1 atom stereocenters. The minimum absolute atomic E-state index is 0.00632. The molecule has 2 aliphatic heterocycles. The van der Waals surface area contributed by atoms with Crippen LogP contribution in [0.15, 0.2) is 24.3 Å². The molecule has 1 aromatic rings. The van der Waals surface area contributed by atoms with Gasteiger partial charge in [0, 0.05) is 26.2 Å². The molecule has 2 heterocycles. The van der Waals surface area contributed by atoms with Gasteiger partial charge in [0.05, 0.1) is 25.4 Å². The van der Waals surface area contributed by atoms with Crippen LogP contribution in [0.2, 0.25) is 0 Å². The topological polar surface area (TPSA) is 53.1 Å². The minimum atomic E-state index is -0.244. The van der Waals surface area contributed by atoms with Gasteiger partial charge < -0.3 is 14.5 Å². The second-order valence-corrected chi connectivity index (χ2v) is 6.40. The predicted octanol–water partition coefficient (Wildman–Crippen LogP) is 1.35. The van der Waals surface area contributed by atoms with Gasteiger partial charge in [-0.05, 0) is 31.9 Å². The lowest BCUT2D eigenvalue weighted by Crippen LogP contribution is -2.56. The van der Waals surface area contributed by atoms with Gasteiger partial charge in [-0.15, -0.1) is 0 Å². The van der Waals surface area contributed by atoms with E-state index < -0.39 is 0 Å². The van der Waals surface area contributed by atoms with Crippen LogP contribution in [0.1, 0.15) is 19.8 Å². The molecule has 130 valence electrons. The van der Waals surface area contributed by atoms with E-state index in [9.17, 15) is 9.59 Å². The summed E-state index contributed by atoms with van der Waals surface area (Å²) in [5.74, 6) is 0.846. The molecule has 6 nitrogen and oxygen atoms in total. The lowest BCUT2D eigenvalue weighted by atomic mass is 10.1. The van der Waals surface area contributed by atoms with E-state index in [2.05, 4.69) is 0 Å². The highest BCUT2D eigenvalue weighted by Crippen LogP contribution is 2.29. The van der Waals surface area contributed by atoms with E-state index in [4.69, 9.17) is 4.74 Å². The number of carbonyl (C=O) groups excluding carboxylic acids is 2. The molecule has 0 spiro atoms. The van der Waals surface area contributed by atoms with Crippen LogP contribution in [0.4, 0.5) is 5.69 Å². The number of hydrogen-bond acceptors (Lipinski definition) is 4. The van der Waals surface area contributed by atoms with Crippen molar-refractivity contribution in [3.05, 3.63) is 24.3 Å². The summed E-state index contributed by atoms with van der Waals surface area (Å²) in [7, 11) is 1.61. The molecule has 3 rings (SSSR count). The Bertz CT molecular complexity index is 613. The number of nitrogens with zero attached hydrogens (tertiary/aromatic N) is 3. The van der Waals surface area contributed by atoms with Crippen molar-refractivity contribution in [3.63, 3.8) is 0 Å². The van der Waals surface area contributed by atoms with Gasteiger partial charge in [-0.1, -0.05) is 12.1 Å². The zero-order valence-electron chi connectivity index (χ0n) is 14.4. The predicted molar refractivity (Wildman–Crippen MR) is 92.2 cm³/mol. The summed E-state index contributed by atoms with van der Waals surface area (Å²) in [6.07, 6.45) is 2.16. The van der Waals surface area contributed by atoms with E-state index in [0.29, 0.717) is 18.8 Å². The standard InChI is InChI=1S/C18H25N3O3/c1-14(18(23)19-9-5-6-10-19)20-11-12-21(17(22)13-20)15-7-3-4-8-16(15)24-2/h3-4,7-8,14H,5-6,9-13H2,1-2H3/t14-/m1/s1. The van der Waals surface area contributed by atoms with E-state index in [1.807, 2.05) is 41.0 Å². The average Bonchev–Trinajstić information content (AvgIpc) is 3.15. The monoisotopic (exact) mass is 331 g/mol. The largest absolute Gasteiger partial charge is 0.495 e. The first-order valence-corrected chi connectivity index (χ1v) is 8.58. The van der Waals surface area contributed by atoms with Crippen LogP contribution in [-0.4, -0.2) is 67.5 Å². The van der Waals surface area contributed by atoms with Crippen molar-refractivity contribution in [3.8, 4) is 5.75 Å². The number of ether oxygens (including phenoxy) is 1.